The highest BCUT2D eigenvalue weighted by Gasteiger charge is 2.16. The zero-order valence-electron chi connectivity index (χ0n) is 15.3. The number of anilines is 1. The van der Waals surface area contributed by atoms with E-state index >= 15 is 0 Å². The molecule has 0 unspecified atom stereocenters. The predicted molar refractivity (Wildman–Crippen MR) is 104 cm³/mol. The largest absolute Gasteiger partial charge is 0.352 e. The highest BCUT2D eigenvalue weighted by molar-refractivity contribution is 7.92. The van der Waals surface area contributed by atoms with Crippen molar-refractivity contribution in [1.29, 1.82) is 0 Å². The predicted octanol–water partition coefficient (Wildman–Crippen LogP) is 2.44. The number of hydrogen-bond donors (Lipinski definition) is 3. The van der Waals surface area contributed by atoms with Gasteiger partial charge in [-0.1, -0.05) is 12.1 Å². The Morgan fingerprint density at radius 1 is 1.00 bits per heavy atom. The molecule has 7 heteroatoms. The van der Waals surface area contributed by atoms with Gasteiger partial charge in [0.25, 0.3) is 15.9 Å². The SMILES string of the molecule is CNCCCNC(=O)c1ccc(S(=O)(=O)Nc2cccc(C)c2C)cc1. The molecule has 0 aliphatic carbocycles. The van der Waals surface area contributed by atoms with Crippen LogP contribution in [0, 0.1) is 13.8 Å². The van der Waals surface area contributed by atoms with Crippen LogP contribution < -0.4 is 15.4 Å². The van der Waals surface area contributed by atoms with Gasteiger partial charge in [0.1, 0.15) is 0 Å². The van der Waals surface area contributed by atoms with E-state index in [1.807, 2.05) is 33.0 Å². The van der Waals surface area contributed by atoms with E-state index in [1.54, 1.807) is 6.07 Å². The van der Waals surface area contributed by atoms with Crippen molar-refractivity contribution >= 4 is 21.6 Å². The number of carbonyl (C=O) groups is 1. The topological polar surface area (TPSA) is 87.3 Å². The van der Waals surface area contributed by atoms with Gasteiger partial charge in [0.15, 0.2) is 0 Å². The number of amides is 1. The molecule has 0 radical (unpaired) electrons. The summed E-state index contributed by atoms with van der Waals surface area (Å²) < 4.78 is 27.7. The molecule has 0 heterocycles. The molecule has 0 aliphatic heterocycles. The summed E-state index contributed by atoms with van der Waals surface area (Å²) in [6.07, 6.45) is 0.828. The van der Waals surface area contributed by atoms with E-state index in [2.05, 4.69) is 15.4 Å². The van der Waals surface area contributed by atoms with Crippen LogP contribution in [0.1, 0.15) is 27.9 Å². The number of sulfonamides is 1. The summed E-state index contributed by atoms with van der Waals surface area (Å²) in [4.78, 5) is 12.2. The summed E-state index contributed by atoms with van der Waals surface area (Å²) in [6.45, 7) is 5.18. The minimum Gasteiger partial charge on any atom is -0.352 e. The van der Waals surface area contributed by atoms with Gasteiger partial charge in [0.2, 0.25) is 0 Å². The van der Waals surface area contributed by atoms with Crippen molar-refractivity contribution in [2.75, 3.05) is 24.9 Å². The van der Waals surface area contributed by atoms with Crippen LogP contribution >= 0.6 is 0 Å². The van der Waals surface area contributed by atoms with E-state index < -0.39 is 10.0 Å². The number of carbonyl (C=O) groups excluding carboxylic acids is 1. The maximum absolute atomic E-state index is 12.6. The van der Waals surface area contributed by atoms with Crippen molar-refractivity contribution in [1.82, 2.24) is 10.6 Å². The summed E-state index contributed by atoms with van der Waals surface area (Å²) >= 11 is 0. The smallest absolute Gasteiger partial charge is 0.261 e. The number of aryl methyl sites for hydroxylation is 1. The molecule has 0 saturated carbocycles. The lowest BCUT2D eigenvalue weighted by Gasteiger charge is -2.12. The van der Waals surface area contributed by atoms with E-state index in [9.17, 15) is 13.2 Å². The zero-order valence-corrected chi connectivity index (χ0v) is 16.1. The molecule has 0 atom stereocenters. The van der Waals surface area contributed by atoms with Crippen molar-refractivity contribution in [3.05, 3.63) is 59.2 Å². The van der Waals surface area contributed by atoms with Crippen molar-refractivity contribution < 1.29 is 13.2 Å². The maximum Gasteiger partial charge on any atom is 0.261 e. The van der Waals surface area contributed by atoms with Crippen LogP contribution in [0.15, 0.2) is 47.4 Å². The first-order chi connectivity index (χ1) is 12.3. The normalized spacial score (nSPS) is 11.2. The Hall–Kier alpha value is -2.38. The standard InChI is InChI=1S/C19H25N3O3S/c1-14-6-4-7-18(15(14)2)22-26(24,25)17-10-8-16(9-11-17)19(23)21-13-5-12-20-3/h4,6-11,20,22H,5,12-13H2,1-3H3,(H,21,23). The van der Waals surface area contributed by atoms with Crippen molar-refractivity contribution in [3.8, 4) is 0 Å². The third-order valence-electron chi connectivity index (χ3n) is 4.16. The number of hydrogen-bond acceptors (Lipinski definition) is 4. The lowest BCUT2D eigenvalue weighted by molar-refractivity contribution is 0.0953. The van der Waals surface area contributed by atoms with Crippen LogP contribution in [0.25, 0.3) is 0 Å². The van der Waals surface area contributed by atoms with Crippen LogP contribution in [0.2, 0.25) is 0 Å². The van der Waals surface area contributed by atoms with Crippen LogP contribution in [0.5, 0.6) is 0 Å². The lowest BCUT2D eigenvalue weighted by Crippen LogP contribution is -2.26. The zero-order chi connectivity index (χ0) is 19.2. The monoisotopic (exact) mass is 375 g/mol. The Morgan fingerprint density at radius 3 is 2.35 bits per heavy atom. The highest BCUT2D eigenvalue weighted by Crippen LogP contribution is 2.22. The fraction of sp³-hybridized carbons (Fsp3) is 0.316. The summed E-state index contributed by atoms with van der Waals surface area (Å²) in [7, 11) is -1.85. The first-order valence-electron chi connectivity index (χ1n) is 8.47. The first-order valence-corrected chi connectivity index (χ1v) is 9.95. The van der Waals surface area contributed by atoms with E-state index in [0.717, 1.165) is 24.1 Å². The molecule has 0 saturated heterocycles. The maximum atomic E-state index is 12.6. The van der Waals surface area contributed by atoms with E-state index in [-0.39, 0.29) is 10.8 Å². The Morgan fingerprint density at radius 2 is 1.69 bits per heavy atom. The summed E-state index contributed by atoms with van der Waals surface area (Å²) in [5.41, 5.74) is 2.88. The molecule has 0 aliphatic rings. The van der Waals surface area contributed by atoms with Gasteiger partial charge >= 0.3 is 0 Å². The average Bonchev–Trinajstić information content (AvgIpc) is 2.62. The van der Waals surface area contributed by atoms with Crippen LogP contribution in [0.4, 0.5) is 5.69 Å². The second kappa shape index (κ2) is 8.82. The van der Waals surface area contributed by atoms with Gasteiger partial charge in [0, 0.05) is 12.1 Å². The van der Waals surface area contributed by atoms with Gasteiger partial charge in [-0.3, -0.25) is 9.52 Å². The van der Waals surface area contributed by atoms with E-state index in [1.165, 1.54) is 24.3 Å². The second-order valence-electron chi connectivity index (χ2n) is 6.09. The third kappa shape index (κ3) is 5.06. The quantitative estimate of drug-likeness (QED) is 0.619. The molecule has 140 valence electrons. The molecule has 0 bridgehead atoms. The minimum absolute atomic E-state index is 0.116. The summed E-state index contributed by atoms with van der Waals surface area (Å²) in [6, 6.07) is 11.4. The fourth-order valence-corrected chi connectivity index (χ4v) is 3.54. The summed E-state index contributed by atoms with van der Waals surface area (Å²) in [5, 5.41) is 5.81. The minimum atomic E-state index is -3.71. The van der Waals surface area contributed by atoms with Crippen molar-refractivity contribution in [3.63, 3.8) is 0 Å². The van der Waals surface area contributed by atoms with Gasteiger partial charge in [-0.25, -0.2) is 8.42 Å². The van der Waals surface area contributed by atoms with Crippen LogP contribution in [0.3, 0.4) is 0 Å². The molecule has 26 heavy (non-hydrogen) atoms. The van der Waals surface area contributed by atoms with E-state index in [0.29, 0.717) is 17.8 Å². The van der Waals surface area contributed by atoms with Crippen molar-refractivity contribution in [2.45, 2.75) is 25.2 Å². The molecule has 2 rings (SSSR count). The Balaban J connectivity index is 2.09. The van der Waals surface area contributed by atoms with Crippen molar-refractivity contribution in [2.24, 2.45) is 0 Å². The number of nitrogens with one attached hydrogen (secondary N) is 3. The molecule has 0 fully saturated rings. The molecule has 2 aromatic carbocycles. The highest BCUT2D eigenvalue weighted by atomic mass is 32.2. The number of rotatable bonds is 8. The second-order valence-corrected chi connectivity index (χ2v) is 7.77. The molecule has 1 amide bonds. The third-order valence-corrected chi connectivity index (χ3v) is 5.55. The molecule has 2 aromatic rings. The molecule has 6 nitrogen and oxygen atoms in total. The van der Waals surface area contributed by atoms with Gasteiger partial charge in [-0.15, -0.1) is 0 Å². The van der Waals surface area contributed by atoms with Crippen LogP contribution in [-0.2, 0) is 10.0 Å². The van der Waals surface area contributed by atoms with Gasteiger partial charge < -0.3 is 10.6 Å². The lowest BCUT2D eigenvalue weighted by atomic mass is 10.1. The molecule has 0 aromatic heterocycles. The van der Waals surface area contributed by atoms with E-state index in [4.69, 9.17) is 0 Å². The fourth-order valence-electron chi connectivity index (χ4n) is 2.42. The Bertz CT molecular complexity index is 862. The van der Waals surface area contributed by atoms with Gasteiger partial charge in [-0.2, -0.15) is 0 Å². The molecule has 0 spiro atoms. The number of benzene rings is 2. The molecule has 3 N–H and O–H groups in total. The Kier molecular flexibility index (Phi) is 6.76. The Labute approximate surface area is 155 Å². The molecular formula is C19H25N3O3S. The molecular weight excluding hydrogens is 350 g/mol. The first kappa shape index (κ1) is 19.9. The van der Waals surface area contributed by atoms with Gasteiger partial charge in [0.05, 0.1) is 10.6 Å². The van der Waals surface area contributed by atoms with Crippen LogP contribution in [-0.4, -0.2) is 34.5 Å². The summed E-state index contributed by atoms with van der Waals surface area (Å²) in [5.74, 6) is -0.215. The average molecular weight is 375 g/mol. The van der Waals surface area contributed by atoms with Gasteiger partial charge in [-0.05, 0) is 75.3 Å².